The molecule has 704 valence electrons. The number of halogens is 2. The van der Waals surface area contributed by atoms with Gasteiger partial charge in [0.1, 0.15) is 17.2 Å². The molecule has 2 aromatic carbocycles. The second-order valence-corrected chi connectivity index (χ2v) is 157. The monoisotopic (exact) mass is 3130 g/mol. The number of hydrogen-bond donors (Lipinski definition) is 0. The Hall–Kier alpha value is 14.6. The molecule has 2 aromatic rings. The Labute approximate surface area is 934 Å². The predicted molar refractivity (Wildman–Crippen MR) is 746 cm³/mol. The molecule has 2 saturated heterocycles. The number of piperidine rings is 1. The average molecular weight is 3140 g/mol. The first-order valence-corrected chi connectivity index (χ1v) is 133. The van der Waals surface area contributed by atoms with Gasteiger partial charge in [0.15, 0.2) is 0 Å². The van der Waals surface area contributed by atoms with Gasteiger partial charge >= 0.3 is 6.09 Å². The molecule has 2 fully saturated rings. The van der Waals surface area contributed by atoms with E-state index in [1.165, 1.54) is 36.0 Å². The smallest absolute Gasteiger partial charge is 0.410 e. The fourth-order valence-corrected chi connectivity index (χ4v) is 215. The Bertz CT molecular complexity index is 7720. The number of amides is 2. The molecule has 2 heterocycles. The summed E-state index contributed by atoms with van der Waals surface area (Å²) in [6.07, 6.45) is 1.69. The molecule has 0 aromatic heterocycles. The molecule has 6 nitrogen and oxygen atoms in total. The highest BCUT2D eigenvalue weighted by atomic mass is 33.6. The number of piperazine rings is 1. The van der Waals surface area contributed by atoms with Gasteiger partial charge in [0.25, 0.3) is 0 Å². The van der Waals surface area contributed by atoms with Gasteiger partial charge < -0.3 is 14.5 Å². The molecule has 1 unspecified atom stereocenters. The standard InChI is InChI=1S/C33H45F2N3O3.S80/c1-32(2,3)28-22-37(30(24-11-13-25(34)14-12-24)26-9-7-8-10-27(26)35)19-20-38(28)29(39)21-23-15-17-36(18-16-23)31(40)41-33(4,5)6;1-3-5-7-9-11-13-15-17-19-21-23-25-27-29-31-33-35-37-39-41-43-45-47-49-51-53-55-57-59-61-63-65-67-69-71-73-75-77-79-80-78-76-74-72-70-68-66-64-62-60-58-56-54-52-50-48-46-44-42-40-38-36-34-32-30-28-26-24-22-20-18-16-14-12-10-8-6-4-2/h7-14,23,28,30H,15-22H2,1-6H3;/t28-,30?;/m1./s1. The number of rotatable bonds is 5. The summed E-state index contributed by atoms with van der Waals surface area (Å²) in [4.78, 5) is 32.2. The van der Waals surface area contributed by atoms with Crippen molar-refractivity contribution in [2.75, 3.05) is 32.7 Å². The van der Waals surface area contributed by atoms with Crippen LogP contribution in [0.5, 0.6) is 0 Å². The number of hydrogen-bond acceptors (Lipinski definition) is 6. The van der Waals surface area contributed by atoms with E-state index < -0.39 is 11.6 Å². The van der Waals surface area contributed by atoms with Gasteiger partial charge in [-0.05, 0) is 68.7 Å². The van der Waals surface area contributed by atoms with Gasteiger partial charge in [0, 0.05) is 766 Å². The molecule has 0 saturated carbocycles. The van der Waals surface area contributed by atoms with Crippen molar-refractivity contribution < 1.29 is 23.1 Å². The van der Waals surface area contributed by atoms with Crippen LogP contribution >= 0.6 is 0 Å². The Morgan fingerprint density at radius 2 is 0.587 bits per heavy atom. The van der Waals surface area contributed by atoms with Crippen LogP contribution in [-0.2, 0) is 725 Å². The number of carbonyl (C=O) groups is 2. The maximum atomic E-state index is 15.1. The molecule has 121 heavy (non-hydrogen) atoms. The van der Waals surface area contributed by atoms with Crippen LogP contribution in [0.2, 0.25) is 0 Å². The van der Waals surface area contributed by atoms with Gasteiger partial charge in [0.05, 0.1) is 6.04 Å². The minimum absolute atomic E-state index is 0.0830. The molecular formula is C33H45F2N3O3S80. The fraction of sp³-hybridized carbons (Fsp3) is 0.576. The van der Waals surface area contributed by atoms with Crippen molar-refractivity contribution in [1.29, 1.82) is 0 Å². The second kappa shape index (κ2) is 96.7. The van der Waals surface area contributed by atoms with Crippen LogP contribution in [0, 0.1) is 23.0 Å². The average Bonchev–Trinajstić information content (AvgIpc) is 0.775. The van der Waals surface area contributed by atoms with Crippen molar-refractivity contribution in [3.8, 4) is 0 Å². The van der Waals surface area contributed by atoms with Crippen molar-refractivity contribution >= 4 is 727 Å². The topological polar surface area (TPSA) is 53.1 Å². The zero-order chi connectivity index (χ0) is 87.1. The van der Waals surface area contributed by atoms with Gasteiger partial charge in [-0.1, -0.05) is 51.1 Å². The quantitative estimate of drug-likeness (QED) is 0.343. The predicted octanol–water partition coefficient (Wildman–Crippen LogP) is 6.46. The van der Waals surface area contributed by atoms with Crippen LogP contribution in [0.3, 0.4) is 0 Å². The van der Waals surface area contributed by atoms with Crippen LogP contribution < -0.4 is 0 Å². The third-order valence-electron chi connectivity index (χ3n) is 10.4. The van der Waals surface area contributed by atoms with Gasteiger partial charge in [-0.2, -0.15) is 0 Å². The lowest BCUT2D eigenvalue weighted by atomic mass is 9.82. The molecule has 2 aliphatic heterocycles. The number of benzene rings is 2. The molecule has 88 heteroatoms. The van der Waals surface area contributed by atoms with Crippen molar-refractivity contribution in [2.24, 2.45) is 11.3 Å². The van der Waals surface area contributed by atoms with E-state index in [2.05, 4.69) is 25.7 Å². The highest BCUT2D eigenvalue weighted by molar-refractivity contribution is 8.85. The summed E-state index contributed by atoms with van der Waals surface area (Å²) < 4.78 is 34.4. The minimum Gasteiger partial charge on any atom is -0.444 e. The molecule has 0 aliphatic carbocycles. The number of ether oxygens (including phenoxy) is 1. The second-order valence-electron chi connectivity index (χ2n) is 18.9. The summed E-state index contributed by atoms with van der Waals surface area (Å²) in [5.41, 5.74) is 0.622. The fourth-order valence-electron chi connectivity index (χ4n) is 6.88. The van der Waals surface area contributed by atoms with E-state index in [0.29, 0.717) is 44.7 Å². The molecule has 4 rings (SSSR count). The van der Waals surface area contributed by atoms with E-state index in [1.807, 2.05) is 600 Å². The Morgan fingerprint density at radius 3 is 0.810 bits per heavy atom. The number of nitrogens with zero attached hydrogens (tertiary/aromatic N) is 3. The zero-order valence-electron chi connectivity index (χ0n) is 58.0. The third kappa shape index (κ3) is 81.3. The van der Waals surface area contributed by atoms with Crippen LogP contribution in [0.25, 0.3) is 0 Å². The van der Waals surface area contributed by atoms with E-state index in [0.717, 1.165) is 18.4 Å². The van der Waals surface area contributed by atoms with E-state index in [9.17, 15) is 14.0 Å². The zero-order valence-corrected chi connectivity index (χ0v) is 123. The molecule has 0 bridgehead atoms. The van der Waals surface area contributed by atoms with E-state index >= 15 is 4.39 Å². The first kappa shape index (κ1) is 130. The maximum absolute atomic E-state index is 15.1. The number of carbonyl (C=O) groups excluding carboxylic acids is 2. The normalized spacial score (nSPS) is 12.0. The molecule has 0 radical (unpaired) electrons. The number of likely N-dealkylation sites (tertiary alicyclic amines) is 1. The highest BCUT2D eigenvalue weighted by Crippen LogP contribution is 2.37. The minimum atomic E-state index is -0.532. The summed E-state index contributed by atoms with van der Waals surface area (Å²) >= 11 is 9.65. The van der Waals surface area contributed by atoms with Crippen LogP contribution in [-0.4, -0.2) is 71.1 Å². The summed E-state index contributed by atoms with van der Waals surface area (Å²) in [6, 6.07) is 12.5. The summed E-state index contributed by atoms with van der Waals surface area (Å²) in [6.45, 7) is 14.8. The summed E-state index contributed by atoms with van der Waals surface area (Å²) in [5, 5.41) is 0. The SMILES string of the molecule is CC(C)(C)OC(=O)N1CCC(CC(=O)N2CCN(C(c3ccc(F)cc3)c3ccccc3F)C[C@@H]2C(C)(C)C)CC1.S=S=S=S=S=S=S=S=S=S=S=S=S=S=S=S=S=S=S=S=S=S=S=S=S=S=S=S=S=S=S=S=S=S=S=S=S=S=S=S=S=S=S=S=S=S=S=S=S=S=S=S=S=S=S=S=S=S=S=S=S=S=S=S=S=S=S=S=S=S=S=S=S=S=S=S=S=S=S=S. The van der Waals surface area contributed by atoms with Crippen molar-refractivity contribution in [2.45, 2.75) is 78.5 Å². The first-order chi connectivity index (χ1) is 59.1. The van der Waals surface area contributed by atoms with E-state index in [-0.39, 0.29) is 41.0 Å². The molecule has 2 aliphatic rings. The van der Waals surface area contributed by atoms with Gasteiger partial charge in [-0.25, -0.2) is 13.6 Å². The molecule has 0 N–H and O–H groups in total. The lowest BCUT2D eigenvalue weighted by molar-refractivity contribution is -0.141. The van der Waals surface area contributed by atoms with Crippen LogP contribution in [0.4, 0.5) is 13.6 Å². The van der Waals surface area contributed by atoms with Gasteiger partial charge in [-0.3, -0.25) is 9.69 Å². The van der Waals surface area contributed by atoms with Gasteiger partial charge in [0.2, 0.25) is 5.91 Å². The van der Waals surface area contributed by atoms with Crippen molar-refractivity contribution in [3.63, 3.8) is 0 Å². The lowest BCUT2D eigenvalue weighted by Gasteiger charge is -2.50. The maximum Gasteiger partial charge on any atom is 0.410 e. The van der Waals surface area contributed by atoms with E-state index in [4.69, 9.17) is 27.1 Å². The highest BCUT2D eigenvalue weighted by Gasteiger charge is 2.41. The molecular weight excluding hydrogens is 3090 g/mol. The molecule has 0 spiro atoms. The van der Waals surface area contributed by atoms with E-state index in [1.54, 1.807) is 136 Å². The Balaban J connectivity index is 0.000000762. The Morgan fingerprint density at radius 1 is 0.347 bits per heavy atom. The van der Waals surface area contributed by atoms with Gasteiger partial charge in [-0.15, -0.1) is 0 Å². The third-order valence-corrected chi connectivity index (χ3v) is 181. The summed E-state index contributed by atoms with van der Waals surface area (Å²) in [5.74, 6) is -0.291. The summed E-state index contributed by atoms with van der Waals surface area (Å²) in [7, 11) is 141. The Kier molecular flexibility index (Phi) is 104. The first-order valence-electron chi connectivity index (χ1n) is 27.9. The van der Waals surface area contributed by atoms with Crippen LogP contribution in [0.15, 0.2) is 48.5 Å². The van der Waals surface area contributed by atoms with Crippen LogP contribution in [0.1, 0.15) is 78.0 Å². The lowest BCUT2D eigenvalue weighted by Crippen LogP contribution is -2.60. The largest absolute Gasteiger partial charge is 0.444 e. The molecule has 2 atom stereocenters. The molecule has 2 amide bonds. The van der Waals surface area contributed by atoms with Crippen molar-refractivity contribution in [1.82, 2.24) is 14.7 Å². The van der Waals surface area contributed by atoms with Crippen molar-refractivity contribution in [3.05, 3.63) is 71.3 Å².